The van der Waals surface area contributed by atoms with Crippen LogP contribution in [0.5, 0.6) is 5.75 Å². The summed E-state index contributed by atoms with van der Waals surface area (Å²) in [5.41, 5.74) is -1.07. The lowest BCUT2D eigenvalue weighted by Crippen LogP contribution is -2.46. The van der Waals surface area contributed by atoms with Gasteiger partial charge in [0.05, 0.1) is 22.6 Å². The van der Waals surface area contributed by atoms with Gasteiger partial charge < -0.3 is 14.6 Å². The summed E-state index contributed by atoms with van der Waals surface area (Å²) in [5.74, 6) is 0.402. The van der Waals surface area contributed by atoms with Gasteiger partial charge in [-0.1, -0.05) is 11.6 Å². The van der Waals surface area contributed by atoms with Crippen molar-refractivity contribution in [2.24, 2.45) is 0 Å². The summed E-state index contributed by atoms with van der Waals surface area (Å²) in [6.45, 7) is 0.793. The van der Waals surface area contributed by atoms with Crippen molar-refractivity contribution in [1.29, 1.82) is 0 Å². The zero-order valence-electron chi connectivity index (χ0n) is 11.6. The highest BCUT2D eigenvalue weighted by molar-refractivity contribution is 7.89. The van der Waals surface area contributed by atoms with Crippen molar-refractivity contribution >= 4 is 21.6 Å². The third kappa shape index (κ3) is 4.08. The van der Waals surface area contributed by atoms with Crippen LogP contribution in [0.4, 0.5) is 0 Å². The van der Waals surface area contributed by atoms with E-state index < -0.39 is 15.6 Å². The largest absolute Gasteiger partial charge is 0.495 e. The number of benzene rings is 1. The van der Waals surface area contributed by atoms with Gasteiger partial charge >= 0.3 is 0 Å². The smallest absolute Gasteiger partial charge is 0.240 e. The molecule has 0 bridgehead atoms. The van der Waals surface area contributed by atoms with E-state index in [1.54, 1.807) is 0 Å². The van der Waals surface area contributed by atoms with Crippen LogP contribution in [-0.4, -0.2) is 46.0 Å². The van der Waals surface area contributed by atoms with Gasteiger partial charge in [-0.3, -0.25) is 0 Å². The molecule has 0 unspecified atom stereocenters. The second-order valence-electron chi connectivity index (χ2n) is 4.96. The second-order valence-corrected chi connectivity index (χ2v) is 7.13. The molecule has 1 heterocycles. The van der Waals surface area contributed by atoms with Crippen molar-refractivity contribution in [3.8, 4) is 5.75 Å². The predicted octanol–water partition coefficient (Wildman–Crippen LogP) is 1.17. The van der Waals surface area contributed by atoms with E-state index in [1.807, 2.05) is 0 Å². The van der Waals surface area contributed by atoms with E-state index >= 15 is 0 Å². The van der Waals surface area contributed by atoms with E-state index in [0.29, 0.717) is 31.8 Å². The van der Waals surface area contributed by atoms with Gasteiger partial charge in [-0.05, 0) is 18.2 Å². The fraction of sp³-hybridized carbons (Fsp3) is 0.538. The summed E-state index contributed by atoms with van der Waals surface area (Å²) < 4.78 is 37.0. The maximum Gasteiger partial charge on any atom is 0.240 e. The molecule has 2 rings (SSSR count). The predicted molar refractivity (Wildman–Crippen MR) is 78.2 cm³/mol. The lowest BCUT2D eigenvalue weighted by molar-refractivity contribution is -0.0588. The first-order valence-corrected chi connectivity index (χ1v) is 8.36. The van der Waals surface area contributed by atoms with E-state index in [9.17, 15) is 13.5 Å². The molecule has 1 aromatic carbocycles. The topological polar surface area (TPSA) is 84.9 Å². The van der Waals surface area contributed by atoms with E-state index in [-0.39, 0.29) is 16.5 Å². The van der Waals surface area contributed by atoms with Crippen LogP contribution in [0.2, 0.25) is 5.02 Å². The van der Waals surface area contributed by atoms with Crippen LogP contribution in [0, 0.1) is 0 Å². The molecule has 8 heteroatoms. The van der Waals surface area contributed by atoms with E-state index in [0.717, 1.165) is 0 Å². The molecular formula is C13H18ClNO5S. The van der Waals surface area contributed by atoms with Crippen molar-refractivity contribution in [1.82, 2.24) is 4.72 Å². The average Bonchev–Trinajstić information content (AvgIpc) is 2.46. The zero-order valence-corrected chi connectivity index (χ0v) is 13.2. The van der Waals surface area contributed by atoms with Gasteiger partial charge in [-0.2, -0.15) is 0 Å². The maximum absolute atomic E-state index is 12.2. The number of aliphatic hydroxyl groups is 1. The zero-order chi connectivity index (χ0) is 15.5. The molecule has 1 fully saturated rings. The fourth-order valence-corrected chi connectivity index (χ4v) is 3.52. The van der Waals surface area contributed by atoms with E-state index in [1.165, 1.54) is 25.3 Å². The monoisotopic (exact) mass is 335 g/mol. The molecule has 0 amide bonds. The minimum Gasteiger partial charge on any atom is -0.495 e. The van der Waals surface area contributed by atoms with Crippen LogP contribution in [0.1, 0.15) is 12.8 Å². The van der Waals surface area contributed by atoms with E-state index in [4.69, 9.17) is 21.1 Å². The minimum absolute atomic E-state index is 0.0314. The first-order chi connectivity index (χ1) is 9.86. The van der Waals surface area contributed by atoms with Crippen LogP contribution in [0.15, 0.2) is 23.1 Å². The van der Waals surface area contributed by atoms with Crippen molar-refractivity contribution in [3.05, 3.63) is 23.2 Å². The van der Waals surface area contributed by atoms with Gasteiger partial charge in [0.2, 0.25) is 10.0 Å². The number of methoxy groups -OCH3 is 1. The maximum atomic E-state index is 12.2. The summed E-state index contributed by atoms with van der Waals surface area (Å²) in [7, 11) is -2.28. The Morgan fingerprint density at radius 2 is 2.10 bits per heavy atom. The summed E-state index contributed by atoms with van der Waals surface area (Å²) in [6, 6.07) is 4.21. The number of halogens is 1. The Balaban J connectivity index is 2.09. The SMILES string of the molecule is COc1ccc(S(=O)(=O)NCC2(O)CCOCC2)cc1Cl. The molecule has 1 aliphatic heterocycles. The van der Waals surface area contributed by atoms with Gasteiger partial charge in [0.15, 0.2) is 0 Å². The Kier molecular flexibility index (Phi) is 5.11. The molecule has 2 N–H and O–H groups in total. The molecule has 0 radical (unpaired) electrons. The summed E-state index contributed by atoms with van der Waals surface area (Å²) in [5, 5.41) is 10.5. The van der Waals surface area contributed by atoms with Gasteiger partial charge in [0.1, 0.15) is 5.75 Å². The number of rotatable bonds is 5. The lowest BCUT2D eigenvalue weighted by atomic mass is 9.95. The number of ether oxygens (including phenoxy) is 2. The van der Waals surface area contributed by atoms with Crippen LogP contribution in [-0.2, 0) is 14.8 Å². The molecule has 0 spiro atoms. The highest BCUT2D eigenvalue weighted by atomic mass is 35.5. The summed E-state index contributed by atoms with van der Waals surface area (Å²) >= 11 is 5.93. The number of sulfonamides is 1. The van der Waals surface area contributed by atoms with Crippen LogP contribution >= 0.6 is 11.6 Å². The summed E-state index contributed by atoms with van der Waals surface area (Å²) in [6.07, 6.45) is 0.803. The summed E-state index contributed by atoms with van der Waals surface area (Å²) in [4.78, 5) is 0.0314. The minimum atomic E-state index is -3.74. The molecule has 118 valence electrons. The number of nitrogens with one attached hydrogen (secondary N) is 1. The average molecular weight is 336 g/mol. The highest BCUT2D eigenvalue weighted by Crippen LogP contribution is 2.27. The molecule has 0 aliphatic carbocycles. The number of hydrogen-bond acceptors (Lipinski definition) is 5. The highest BCUT2D eigenvalue weighted by Gasteiger charge is 2.31. The molecular weight excluding hydrogens is 318 g/mol. The van der Waals surface area contributed by atoms with Crippen LogP contribution in [0.25, 0.3) is 0 Å². The van der Waals surface area contributed by atoms with Gasteiger partial charge in [0.25, 0.3) is 0 Å². The Labute approximate surface area is 129 Å². The Bertz CT molecular complexity index is 599. The molecule has 0 aromatic heterocycles. The van der Waals surface area contributed by atoms with Gasteiger partial charge in [0, 0.05) is 32.6 Å². The molecule has 1 saturated heterocycles. The van der Waals surface area contributed by atoms with Crippen molar-refractivity contribution < 1.29 is 23.0 Å². The molecule has 21 heavy (non-hydrogen) atoms. The quantitative estimate of drug-likeness (QED) is 0.843. The first kappa shape index (κ1) is 16.5. The van der Waals surface area contributed by atoms with Crippen molar-refractivity contribution in [3.63, 3.8) is 0 Å². The van der Waals surface area contributed by atoms with Crippen molar-refractivity contribution in [2.75, 3.05) is 26.9 Å². The molecule has 6 nitrogen and oxygen atoms in total. The first-order valence-electron chi connectivity index (χ1n) is 6.50. The Morgan fingerprint density at radius 1 is 1.43 bits per heavy atom. The van der Waals surface area contributed by atoms with Crippen LogP contribution in [0.3, 0.4) is 0 Å². The fourth-order valence-electron chi connectivity index (χ4n) is 2.06. The Morgan fingerprint density at radius 3 is 2.67 bits per heavy atom. The van der Waals surface area contributed by atoms with Crippen LogP contribution < -0.4 is 9.46 Å². The molecule has 1 aliphatic rings. The number of hydrogen-bond donors (Lipinski definition) is 2. The standard InChI is InChI=1S/C13H18ClNO5S/c1-19-12-3-2-10(8-11(12)14)21(17,18)15-9-13(16)4-6-20-7-5-13/h2-3,8,15-16H,4-7,9H2,1H3. The third-order valence-electron chi connectivity index (χ3n) is 3.45. The van der Waals surface area contributed by atoms with E-state index in [2.05, 4.69) is 4.72 Å². The second kappa shape index (κ2) is 6.50. The van der Waals surface area contributed by atoms with Gasteiger partial charge in [-0.15, -0.1) is 0 Å². The van der Waals surface area contributed by atoms with Gasteiger partial charge in [-0.25, -0.2) is 13.1 Å². The molecule has 0 atom stereocenters. The lowest BCUT2D eigenvalue weighted by Gasteiger charge is -2.31. The Hall–Kier alpha value is -0.860. The molecule has 0 saturated carbocycles. The normalized spacial score (nSPS) is 18.4. The molecule has 1 aromatic rings. The van der Waals surface area contributed by atoms with Crippen molar-refractivity contribution in [2.45, 2.75) is 23.3 Å². The third-order valence-corrected chi connectivity index (χ3v) is 5.14.